The second-order valence-electron chi connectivity index (χ2n) is 7.01. The highest BCUT2D eigenvalue weighted by atomic mass is 16.1. The van der Waals surface area contributed by atoms with Crippen molar-refractivity contribution in [2.45, 2.75) is 12.8 Å². The molecule has 1 aliphatic heterocycles. The molecule has 0 bridgehead atoms. The molecule has 1 aliphatic rings. The van der Waals surface area contributed by atoms with Gasteiger partial charge in [-0.3, -0.25) is 9.59 Å². The van der Waals surface area contributed by atoms with Gasteiger partial charge in [0, 0.05) is 49.1 Å². The first kappa shape index (κ1) is 18.6. The van der Waals surface area contributed by atoms with Crippen LogP contribution in [-0.4, -0.2) is 16.1 Å². The van der Waals surface area contributed by atoms with Gasteiger partial charge in [-0.05, 0) is 29.8 Å². The summed E-state index contributed by atoms with van der Waals surface area (Å²) in [4.78, 5) is 28.7. The molecule has 1 aromatic heterocycles. The minimum Gasteiger partial charge on any atom is -0.356 e. The van der Waals surface area contributed by atoms with E-state index >= 15 is 0 Å². The molecule has 0 atom stereocenters. The third-order valence-electron chi connectivity index (χ3n) is 4.80. The van der Waals surface area contributed by atoms with Crippen molar-refractivity contribution in [3.05, 3.63) is 100 Å². The number of ketones is 1. The fourth-order valence-electron chi connectivity index (χ4n) is 3.28. The first-order chi connectivity index (χ1) is 14.1. The molecule has 2 heterocycles. The van der Waals surface area contributed by atoms with Gasteiger partial charge >= 0.3 is 0 Å². The zero-order valence-electron chi connectivity index (χ0n) is 16.1. The summed E-state index contributed by atoms with van der Waals surface area (Å²) in [5.41, 5.74) is 5.03. The molecule has 0 amide bonds. The van der Waals surface area contributed by atoms with Gasteiger partial charge in [-0.25, -0.2) is 4.99 Å². The fourth-order valence-corrected chi connectivity index (χ4v) is 3.28. The standard InChI is InChI=1S/C24H21N3O2/c1-27-16-17(10-13-24(27)29)14-23(28)22-12-11-21(26-22)18-6-5-9-20(15-18)25-19-7-3-2-4-8-19/h2-11,13,15-16,25H,12,14H2,1H3. The first-order valence-corrected chi connectivity index (χ1v) is 9.47. The molecular formula is C24H21N3O2. The lowest BCUT2D eigenvalue weighted by atomic mass is 10.1. The predicted octanol–water partition coefficient (Wildman–Crippen LogP) is 4.13. The van der Waals surface area contributed by atoms with Gasteiger partial charge in [0.15, 0.2) is 5.78 Å². The van der Waals surface area contributed by atoms with Crippen LogP contribution < -0.4 is 10.9 Å². The molecule has 0 aliphatic carbocycles. The van der Waals surface area contributed by atoms with Gasteiger partial charge in [0.2, 0.25) is 5.56 Å². The summed E-state index contributed by atoms with van der Waals surface area (Å²) in [5.74, 6) is -0.0199. The van der Waals surface area contributed by atoms with E-state index in [1.807, 2.05) is 60.7 Å². The maximum Gasteiger partial charge on any atom is 0.250 e. The van der Waals surface area contributed by atoms with E-state index in [1.54, 1.807) is 19.3 Å². The van der Waals surface area contributed by atoms with Crippen LogP contribution in [0.3, 0.4) is 0 Å². The summed E-state index contributed by atoms with van der Waals surface area (Å²) in [6.07, 6.45) is 4.44. The molecule has 0 fully saturated rings. The number of pyridine rings is 1. The van der Waals surface area contributed by atoms with E-state index in [-0.39, 0.29) is 17.8 Å². The van der Waals surface area contributed by atoms with E-state index in [1.165, 1.54) is 10.6 Å². The van der Waals surface area contributed by atoms with Crippen molar-refractivity contribution in [3.63, 3.8) is 0 Å². The number of rotatable bonds is 6. The molecule has 0 spiro atoms. The van der Waals surface area contributed by atoms with Crippen LogP contribution in [0.5, 0.6) is 0 Å². The second kappa shape index (κ2) is 8.10. The summed E-state index contributed by atoms with van der Waals surface area (Å²) in [6.45, 7) is 0. The summed E-state index contributed by atoms with van der Waals surface area (Å²) in [6, 6.07) is 21.1. The van der Waals surface area contributed by atoms with Crippen molar-refractivity contribution in [3.8, 4) is 0 Å². The Kier molecular flexibility index (Phi) is 5.20. The van der Waals surface area contributed by atoms with Crippen LogP contribution in [0.1, 0.15) is 17.5 Å². The SMILES string of the molecule is Cn1cc(CC(=O)C2=NC(c3cccc(Nc4ccccc4)c3)=CC2)ccc1=O. The molecule has 0 saturated carbocycles. The summed E-state index contributed by atoms with van der Waals surface area (Å²) < 4.78 is 1.48. The van der Waals surface area contributed by atoms with E-state index in [2.05, 4.69) is 10.3 Å². The highest BCUT2D eigenvalue weighted by Crippen LogP contribution is 2.26. The van der Waals surface area contributed by atoms with Crippen molar-refractivity contribution in [2.24, 2.45) is 12.0 Å². The summed E-state index contributed by atoms with van der Waals surface area (Å²) in [7, 11) is 1.68. The third-order valence-corrected chi connectivity index (χ3v) is 4.80. The van der Waals surface area contributed by atoms with Crippen LogP contribution in [0.15, 0.2) is 88.8 Å². The number of benzene rings is 2. The lowest BCUT2D eigenvalue weighted by Crippen LogP contribution is -2.18. The number of Topliss-reactive ketones (excluding diaryl/α,β-unsaturated/α-hetero) is 1. The number of allylic oxidation sites excluding steroid dienone is 1. The third kappa shape index (κ3) is 4.41. The summed E-state index contributed by atoms with van der Waals surface area (Å²) >= 11 is 0. The molecule has 0 unspecified atom stereocenters. The zero-order chi connectivity index (χ0) is 20.2. The van der Waals surface area contributed by atoms with Crippen molar-refractivity contribution < 1.29 is 4.79 Å². The molecular weight excluding hydrogens is 362 g/mol. The fraction of sp³-hybridized carbons (Fsp3) is 0.125. The van der Waals surface area contributed by atoms with E-state index in [0.29, 0.717) is 12.1 Å². The first-order valence-electron chi connectivity index (χ1n) is 9.47. The number of carbonyl (C=O) groups excluding carboxylic acids is 1. The molecule has 2 aromatic carbocycles. The maximum absolute atomic E-state index is 12.6. The number of nitrogens with one attached hydrogen (secondary N) is 1. The number of hydrogen-bond donors (Lipinski definition) is 1. The number of anilines is 2. The Balaban J connectivity index is 1.47. The molecule has 4 rings (SSSR count). The zero-order valence-corrected chi connectivity index (χ0v) is 16.1. The Morgan fingerprint density at radius 1 is 1.03 bits per heavy atom. The number of aliphatic imine (C=N–C) groups is 1. The number of para-hydroxylation sites is 1. The van der Waals surface area contributed by atoms with E-state index in [0.717, 1.165) is 28.2 Å². The lowest BCUT2D eigenvalue weighted by Gasteiger charge is -2.08. The number of aromatic nitrogens is 1. The van der Waals surface area contributed by atoms with Crippen LogP contribution in [0, 0.1) is 0 Å². The molecule has 29 heavy (non-hydrogen) atoms. The molecule has 3 aromatic rings. The molecule has 5 nitrogen and oxygen atoms in total. The highest BCUT2D eigenvalue weighted by molar-refractivity contribution is 6.42. The van der Waals surface area contributed by atoms with Crippen molar-refractivity contribution in [1.82, 2.24) is 4.57 Å². The topological polar surface area (TPSA) is 63.5 Å². The van der Waals surface area contributed by atoms with Gasteiger partial charge in [-0.2, -0.15) is 0 Å². The van der Waals surface area contributed by atoms with Gasteiger partial charge in [0.25, 0.3) is 0 Å². The number of carbonyl (C=O) groups is 1. The van der Waals surface area contributed by atoms with Crippen LogP contribution in [-0.2, 0) is 18.3 Å². The van der Waals surface area contributed by atoms with Crippen LogP contribution in [0.25, 0.3) is 5.70 Å². The smallest absolute Gasteiger partial charge is 0.250 e. The van der Waals surface area contributed by atoms with Gasteiger partial charge in [-0.1, -0.05) is 42.5 Å². The highest BCUT2D eigenvalue weighted by Gasteiger charge is 2.18. The Bertz CT molecular complexity index is 1170. The van der Waals surface area contributed by atoms with Gasteiger partial charge in [0.05, 0.1) is 11.4 Å². The van der Waals surface area contributed by atoms with E-state index < -0.39 is 0 Å². The second-order valence-corrected chi connectivity index (χ2v) is 7.01. The largest absolute Gasteiger partial charge is 0.356 e. The predicted molar refractivity (Wildman–Crippen MR) is 117 cm³/mol. The summed E-state index contributed by atoms with van der Waals surface area (Å²) in [5, 5.41) is 3.37. The van der Waals surface area contributed by atoms with Crippen molar-refractivity contribution in [2.75, 3.05) is 5.32 Å². The molecule has 5 heteroatoms. The van der Waals surface area contributed by atoms with Crippen molar-refractivity contribution >= 4 is 28.6 Å². The van der Waals surface area contributed by atoms with Crippen LogP contribution in [0.2, 0.25) is 0 Å². The number of nitrogens with zero attached hydrogens (tertiary/aromatic N) is 2. The molecule has 144 valence electrons. The minimum atomic E-state index is -0.0904. The quantitative estimate of drug-likeness (QED) is 0.696. The minimum absolute atomic E-state index is 0.0199. The van der Waals surface area contributed by atoms with Gasteiger partial charge < -0.3 is 9.88 Å². The molecule has 1 N–H and O–H groups in total. The Hall–Kier alpha value is -3.73. The van der Waals surface area contributed by atoms with Gasteiger partial charge in [0.1, 0.15) is 0 Å². The Labute approximate surface area is 169 Å². The maximum atomic E-state index is 12.6. The average molecular weight is 383 g/mol. The van der Waals surface area contributed by atoms with E-state index in [9.17, 15) is 9.59 Å². The number of aryl methyl sites for hydroxylation is 1. The molecule has 0 radical (unpaired) electrons. The average Bonchev–Trinajstić information content (AvgIpc) is 3.22. The number of hydrogen-bond acceptors (Lipinski definition) is 4. The van der Waals surface area contributed by atoms with Crippen LogP contribution in [0.4, 0.5) is 11.4 Å². The van der Waals surface area contributed by atoms with E-state index in [4.69, 9.17) is 0 Å². The monoisotopic (exact) mass is 383 g/mol. The Morgan fingerprint density at radius 3 is 2.62 bits per heavy atom. The normalized spacial score (nSPS) is 13.0. The van der Waals surface area contributed by atoms with Crippen LogP contribution >= 0.6 is 0 Å². The molecule has 0 saturated heterocycles. The van der Waals surface area contributed by atoms with Crippen molar-refractivity contribution in [1.29, 1.82) is 0 Å². The van der Waals surface area contributed by atoms with Gasteiger partial charge in [-0.15, -0.1) is 0 Å². The lowest BCUT2D eigenvalue weighted by molar-refractivity contribution is -0.112. The Morgan fingerprint density at radius 2 is 1.83 bits per heavy atom.